The van der Waals surface area contributed by atoms with Crippen molar-refractivity contribution in [2.45, 2.75) is 4.90 Å². The van der Waals surface area contributed by atoms with E-state index in [1.165, 1.54) is 24.3 Å². The third-order valence-electron chi connectivity index (χ3n) is 1.40. The van der Waals surface area contributed by atoms with Gasteiger partial charge in [0.1, 0.15) is 10.1 Å². The molecule has 1 aromatic rings. The molecule has 64 valence electrons. The average molecular weight is 190 g/mol. The summed E-state index contributed by atoms with van der Waals surface area (Å²) in [6.45, 7) is 3.50. The quantitative estimate of drug-likeness (QED) is 0.410. The average Bonchev–Trinajstić information content (AvgIpc) is 2.03. The largest absolute Gasteiger partial charge is 1.00 e. The van der Waals surface area contributed by atoms with Gasteiger partial charge in [0.15, 0.2) is 0 Å². The summed E-state index contributed by atoms with van der Waals surface area (Å²) < 4.78 is 31.4. The van der Waals surface area contributed by atoms with Gasteiger partial charge >= 0.3 is 18.9 Å². The summed E-state index contributed by atoms with van der Waals surface area (Å²) in [5.41, 5.74) is 0.780. The van der Waals surface area contributed by atoms with E-state index in [0.717, 1.165) is 5.56 Å². The van der Waals surface area contributed by atoms with Crippen LogP contribution < -0.4 is 18.9 Å². The molecule has 0 saturated heterocycles. The standard InChI is InChI=1S/C8H8O3S.Li/c1-2-7-3-5-8(6-4-7)12(9,10)11;/h2-6H,1H2,(H,9,10,11);/q;+1/p-1. The maximum absolute atomic E-state index is 10.5. The van der Waals surface area contributed by atoms with E-state index >= 15 is 0 Å². The van der Waals surface area contributed by atoms with Gasteiger partial charge in [-0.15, -0.1) is 0 Å². The fraction of sp³-hybridized carbons (Fsp3) is 0. The minimum absolute atomic E-state index is 0. The van der Waals surface area contributed by atoms with Crippen LogP contribution in [-0.4, -0.2) is 13.0 Å². The van der Waals surface area contributed by atoms with Crippen LogP contribution in [0, 0.1) is 0 Å². The summed E-state index contributed by atoms with van der Waals surface area (Å²) in [6, 6.07) is 5.58. The van der Waals surface area contributed by atoms with Crippen molar-refractivity contribution in [2.75, 3.05) is 0 Å². The first-order valence-corrected chi connectivity index (χ1v) is 4.63. The third kappa shape index (κ3) is 3.37. The summed E-state index contributed by atoms with van der Waals surface area (Å²) >= 11 is 0. The van der Waals surface area contributed by atoms with Gasteiger partial charge < -0.3 is 4.55 Å². The molecule has 0 aliphatic heterocycles. The molecule has 0 bridgehead atoms. The maximum Gasteiger partial charge on any atom is 1.00 e. The Bertz CT molecular complexity index is 380. The Morgan fingerprint density at radius 1 is 1.23 bits per heavy atom. The molecule has 13 heavy (non-hydrogen) atoms. The Kier molecular flexibility index (Phi) is 4.44. The van der Waals surface area contributed by atoms with E-state index in [0.29, 0.717) is 0 Å². The maximum atomic E-state index is 10.5. The van der Waals surface area contributed by atoms with E-state index in [9.17, 15) is 13.0 Å². The van der Waals surface area contributed by atoms with Gasteiger partial charge in [-0.3, -0.25) is 0 Å². The molecule has 0 heterocycles. The van der Waals surface area contributed by atoms with Crippen LogP contribution >= 0.6 is 0 Å². The van der Waals surface area contributed by atoms with Crippen molar-refractivity contribution in [1.82, 2.24) is 0 Å². The smallest absolute Gasteiger partial charge is 0.744 e. The van der Waals surface area contributed by atoms with Crippen molar-refractivity contribution in [3.05, 3.63) is 36.4 Å². The molecule has 0 fully saturated rings. The van der Waals surface area contributed by atoms with Crippen molar-refractivity contribution < 1.29 is 31.8 Å². The number of hydrogen-bond acceptors (Lipinski definition) is 3. The van der Waals surface area contributed by atoms with E-state index in [1.54, 1.807) is 6.08 Å². The van der Waals surface area contributed by atoms with Crippen LogP contribution in [0.15, 0.2) is 35.7 Å². The van der Waals surface area contributed by atoms with Crippen molar-refractivity contribution in [2.24, 2.45) is 0 Å². The van der Waals surface area contributed by atoms with Gasteiger partial charge in [-0.05, 0) is 17.7 Å². The molecule has 1 aromatic carbocycles. The Labute approximate surface area is 89.4 Å². The normalized spacial score (nSPS) is 10.2. The fourth-order valence-electron chi connectivity index (χ4n) is 0.771. The molecule has 3 nitrogen and oxygen atoms in total. The Morgan fingerprint density at radius 3 is 2.00 bits per heavy atom. The van der Waals surface area contributed by atoms with E-state index in [2.05, 4.69) is 6.58 Å². The van der Waals surface area contributed by atoms with Crippen LogP contribution in [0.4, 0.5) is 0 Å². The summed E-state index contributed by atoms with van der Waals surface area (Å²) in [6.07, 6.45) is 1.57. The summed E-state index contributed by atoms with van der Waals surface area (Å²) in [5, 5.41) is 0. The molecule has 0 saturated carbocycles. The van der Waals surface area contributed by atoms with E-state index in [4.69, 9.17) is 0 Å². The second-order valence-electron chi connectivity index (χ2n) is 2.23. The fourth-order valence-corrected chi connectivity index (χ4v) is 1.24. The molecule has 0 spiro atoms. The molecule has 0 aliphatic rings. The zero-order valence-electron chi connectivity index (χ0n) is 7.23. The van der Waals surface area contributed by atoms with Crippen LogP contribution in [0.2, 0.25) is 0 Å². The minimum atomic E-state index is -4.31. The first-order chi connectivity index (χ1) is 5.54. The molecule has 0 unspecified atom stereocenters. The molecular formula is C8H7LiO3S. The predicted molar refractivity (Wildman–Crippen MR) is 44.5 cm³/mol. The number of benzene rings is 1. The SMILES string of the molecule is C=Cc1ccc(S(=O)(=O)[O-])cc1.[Li+]. The van der Waals surface area contributed by atoms with Gasteiger partial charge in [-0.25, -0.2) is 8.42 Å². The molecule has 0 aromatic heterocycles. The van der Waals surface area contributed by atoms with Gasteiger partial charge in [-0.2, -0.15) is 0 Å². The molecule has 5 heteroatoms. The van der Waals surface area contributed by atoms with Crippen molar-refractivity contribution >= 4 is 16.2 Å². The van der Waals surface area contributed by atoms with Crippen LogP contribution in [0.5, 0.6) is 0 Å². The van der Waals surface area contributed by atoms with Gasteiger partial charge in [0.2, 0.25) is 0 Å². The van der Waals surface area contributed by atoms with Crippen LogP contribution in [0.1, 0.15) is 5.56 Å². The number of rotatable bonds is 2. The molecule has 0 radical (unpaired) electrons. The molecule has 0 N–H and O–H groups in total. The molecule has 0 atom stereocenters. The predicted octanol–water partition coefficient (Wildman–Crippen LogP) is -1.76. The zero-order valence-corrected chi connectivity index (χ0v) is 8.04. The molecule has 0 aliphatic carbocycles. The Balaban J connectivity index is 0.00000144. The molecule has 0 amide bonds. The summed E-state index contributed by atoms with van der Waals surface area (Å²) in [7, 11) is -4.31. The summed E-state index contributed by atoms with van der Waals surface area (Å²) in [5.74, 6) is 0. The van der Waals surface area contributed by atoms with Crippen LogP contribution in [0.3, 0.4) is 0 Å². The molecular weight excluding hydrogens is 183 g/mol. The van der Waals surface area contributed by atoms with Gasteiger partial charge in [0.25, 0.3) is 0 Å². The minimum Gasteiger partial charge on any atom is -0.744 e. The topological polar surface area (TPSA) is 57.2 Å². The van der Waals surface area contributed by atoms with E-state index in [1.807, 2.05) is 0 Å². The van der Waals surface area contributed by atoms with Crippen molar-refractivity contribution in [3.8, 4) is 0 Å². The monoisotopic (exact) mass is 190 g/mol. The first kappa shape index (κ1) is 12.5. The Hall–Kier alpha value is -0.533. The first-order valence-electron chi connectivity index (χ1n) is 3.22. The van der Waals surface area contributed by atoms with E-state index < -0.39 is 10.1 Å². The van der Waals surface area contributed by atoms with Crippen molar-refractivity contribution in [3.63, 3.8) is 0 Å². The number of hydrogen-bond donors (Lipinski definition) is 0. The van der Waals surface area contributed by atoms with Gasteiger partial charge in [-0.1, -0.05) is 24.8 Å². The van der Waals surface area contributed by atoms with Crippen LogP contribution in [-0.2, 0) is 10.1 Å². The second-order valence-corrected chi connectivity index (χ2v) is 3.61. The van der Waals surface area contributed by atoms with E-state index in [-0.39, 0.29) is 23.8 Å². The Morgan fingerprint density at radius 2 is 1.69 bits per heavy atom. The van der Waals surface area contributed by atoms with Gasteiger partial charge in [0.05, 0.1) is 4.90 Å². The third-order valence-corrected chi connectivity index (χ3v) is 2.25. The van der Waals surface area contributed by atoms with Gasteiger partial charge in [0, 0.05) is 0 Å². The summed E-state index contributed by atoms with van der Waals surface area (Å²) in [4.78, 5) is -0.215. The zero-order chi connectivity index (χ0) is 9.19. The van der Waals surface area contributed by atoms with Crippen molar-refractivity contribution in [1.29, 1.82) is 0 Å². The molecule has 1 rings (SSSR count). The van der Waals surface area contributed by atoms with Crippen LogP contribution in [0.25, 0.3) is 6.08 Å². The second kappa shape index (κ2) is 4.63.